The third kappa shape index (κ3) is 7.48. The van der Waals surface area contributed by atoms with Crippen molar-refractivity contribution in [2.45, 2.75) is 26.1 Å². The number of alkyl halides is 3. The second-order valence-electron chi connectivity index (χ2n) is 5.17. The van der Waals surface area contributed by atoms with Gasteiger partial charge in [0, 0.05) is 36.7 Å². The lowest BCUT2D eigenvalue weighted by atomic mass is 10.3. The highest BCUT2D eigenvalue weighted by atomic mass is 127. The van der Waals surface area contributed by atoms with Crippen LogP contribution in [0.1, 0.15) is 23.2 Å². The molecule has 2 aromatic rings. The largest absolute Gasteiger partial charge is 0.481 e. The minimum Gasteiger partial charge on any atom is -0.481 e. The van der Waals surface area contributed by atoms with Crippen LogP contribution in [0.15, 0.2) is 28.7 Å². The molecule has 0 aromatic carbocycles. The average Bonchev–Trinajstić information content (AvgIpc) is 3.09. The topological polar surface area (TPSA) is 71.4 Å². The minimum absolute atomic E-state index is 0. The summed E-state index contributed by atoms with van der Waals surface area (Å²) >= 11 is 1.00. The Bertz CT molecular complexity index is 739. The van der Waals surface area contributed by atoms with Crippen LogP contribution in [0.2, 0.25) is 0 Å². The zero-order chi connectivity index (χ0) is 19.0. The van der Waals surface area contributed by atoms with Crippen LogP contribution in [-0.4, -0.2) is 36.1 Å². The summed E-state index contributed by atoms with van der Waals surface area (Å²) in [5.41, 5.74) is -0.0105. The van der Waals surface area contributed by atoms with Crippen LogP contribution in [0.25, 0.3) is 0 Å². The Morgan fingerprint density at radius 1 is 1.33 bits per heavy atom. The number of nitrogens with one attached hydrogen (secondary N) is 2. The molecule has 0 aliphatic heterocycles. The van der Waals surface area contributed by atoms with Crippen LogP contribution < -0.4 is 15.4 Å². The molecule has 0 aliphatic rings. The highest BCUT2D eigenvalue weighted by Crippen LogP contribution is 2.29. The summed E-state index contributed by atoms with van der Waals surface area (Å²) in [7, 11) is 1.54. The normalized spacial score (nSPS) is 11.7. The minimum atomic E-state index is -4.40. The summed E-state index contributed by atoms with van der Waals surface area (Å²) < 4.78 is 42.9. The van der Waals surface area contributed by atoms with Crippen molar-refractivity contribution < 1.29 is 17.9 Å². The van der Waals surface area contributed by atoms with E-state index in [-0.39, 0.29) is 24.0 Å². The van der Waals surface area contributed by atoms with Gasteiger partial charge in [-0.25, -0.2) is 15.0 Å². The van der Waals surface area contributed by atoms with Gasteiger partial charge in [0.15, 0.2) is 11.7 Å². The van der Waals surface area contributed by atoms with Gasteiger partial charge < -0.3 is 15.4 Å². The van der Waals surface area contributed by atoms with Gasteiger partial charge in [-0.3, -0.25) is 0 Å². The first-order valence-electron chi connectivity index (χ1n) is 7.95. The van der Waals surface area contributed by atoms with E-state index in [2.05, 4.69) is 25.6 Å². The van der Waals surface area contributed by atoms with Gasteiger partial charge in [0.2, 0.25) is 5.88 Å². The molecule has 0 radical (unpaired) electrons. The summed E-state index contributed by atoms with van der Waals surface area (Å²) in [5.74, 6) is 1.07. The Balaban J connectivity index is 0.00000364. The van der Waals surface area contributed by atoms with Crippen LogP contribution in [0.5, 0.6) is 5.88 Å². The Labute approximate surface area is 176 Å². The second-order valence-corrected chi connectivity index (χ2v) is 6.11. The maximum absolute atomic E-state index is 12.6. The molecule has 0 saturated heterocycles. The second kappa shape index (κ2) is 11.3. The number of guanidine groups is 1. The Hall–Kier alpha value is -1.63. The smallest absolute Gasteiger partial charge is 0.434 e. The van der Waals surface area contributed by atoms with E-state index in [1.165, 1.54) is 0 Å². The molecular weight excluding hydrogens is 494 g/mol. The predicted octanol–water partition coefficient (Wildman–Crippen LogP) is 3.48. The number of thiazole rings is 1. The van der Waals surface area contributed by atoms with Gasteiger partial charge >= 0.3 is 6.18 Å². The van der Waals surface area contributed by atoms with Crippen LogP contribution in [0.4, 0.5) is 13.2 Å². The van der Waals surface area contributed by atoms with Crippen molar-refractivity contribution in [2.24, 2.45) is 4.99 Å². The lowest BCUT2D eigenvalue weighted by Gasteiger charge is -2.11. The summed E-state index contributed by atoms with van der Waals surface area (Å²) in [5, 5.41) is 7.63. The van der Waals surface area contributed by atoms with E-state index < -0.39 is 11.9 Å². The van der Waals surface area contributed by atoms with Gasteiger partial charge in [-0.1, -0.05) is 6.07 Å². The van der Waals surface area contributed by atoms with Crippen molar-refractivity contribution in [1.29, 1.82) is 0 Å². The third-order valence-electron chi connectivity index (χ3n) is 3.27. The average molecular weight is 515 g/mol. The number of hydrogen-bond acceptors (Lipinski definition) is 5. The fourth-order valence-corrected chi connectivity index (χ4v) is 2.88. The number of nitrogens with zero attached hydrogens (tertiary/aromatic N) is 3. The van der Waals surface area contributed by atoms with E-state index >= 15 is 0 Å². The highest BCUT2D eigenvalue weighted by Gasteiger charge is 2.33. The number of aromatic nitrogens is 2. The molecule has 0 bridgehead atoms. The number of halogens is 4. The monoisotopic (exact) mass is 515 g/mol. The van der Waals surface area contributed by atoms with E-state index in [4.69, 9.17) is 4.74 Å². The summed E-state index contributed by atoms with van der Waals surface area (Å²) in [6, 6.07) is 3.67. The Morgan fingerprint density at radius 3 is 2.74 bits per heavy atom. The predicted molar refractivity (Wildman–Crippen MR) is 110 cm³/mol. The fraction of sp³-hybridized carbons (Fsp3) is 0.438. The lowest BCUT2D eigenvalue weighted by Crippen LogP contribution is -2.38. The molecule has 2 aromatic heterocycles. The Kier molecular flexibility index (Phi) is 9.77. The number of ether oxygens (including phenoxy) is 1. The van der Waals surface area contributed by atoms with Gasteiger partial charge in [-0.2, -0.15) is 13.2 Å². The summed E-state index contributed by atoms with van der Waals surface area (Å²) in [4.78, 5) is 12.2. The van der Waals surface area contributed by atoms with Gasteiger partial charge in [0.1, 0.15) is 0 Å². The maximum Gasteiger partial charge on any atom is 0.434 e. The molecule has 0 spiro atoms. The number of hydrogen-bond donors (Lipinski definition) is 2. The molecule has 0 amide bonds. The summed E-state index contributed by atoms with van der Waals surface area (Å²) in [6.45, 7) is 3.37. The highest BCUT2D eigenvalue weighted by molar-refractivity contribution is 14.0. The SMILES string of the molecule is CCNC(=NCc1cccnc1OC)NCCc1nc(C(F)(F)F)cs1.I. The van der Waals surface area contributed by atoms with E-state index in [1.807, 2.05) is 13.0 Å². The van der Waals surface area contributed by atoms with E-state index in [9.17, 15) is 13.2 Å². The molecule has 0 fully saturated rings. The first-order valence-corrected chi connectivity index (χ1v) is 8.83. The van der Waals surface area contributed by atoms with Crippen molar-refractivity contribution in [3.05, 3.63) is 40.0 Å². The zero-order valence-electron chi connectivity index (χ0n) is 14.8. The molecule has 2 N–H and O–H groups in total. The molecule has 11 heteroatoms. The molecule has 2 heterocycles. The number of rotatable bonds is 7. The van der Waals surface area contributed by atoms with Crippen LogP contribution >= 0.6 is 35.3 Å². The molecule has 6 nitrogen and oxygen atoms in total. The Morgan fingerprint density at radius 2 is 2.11 bits per heavy atom. The van der Waals surface area contributed by atoms with Crippen molar-refractivity contribution in [2.75, 3.05) is 20.2 Å². The van der Waals surface area contributed by atoms with E-state index in [0.717, 1.165) is 22.3 Å². The molecule has 0 atom stereocenters. The molecule has 0 unspecified atom stereocenters. The molecule has 0 saturated carbocycles. The van der Waals surface area contributed by atoms with E-state index in [1.54, 1.807) is 19.4 Å². The first-order chi connectivity index (χ1) is 12.4. The van der Waals surface area contributed by atoms with Crippen molar-refractivity contribution >= 4 is 41.3 Å². The van der Waals surface area contributed by atoms with Gasteiger partial charge in [-0.15, -0.1) is 35.3 Å². The number of pyridine rings is 1. The van der Waals surface area contributed by atoms with Crippen LogP contribution in [0, 0.1) is 0 Å². The molecular formula is C16H21F3IN5OS. The fourth-order valence-electron chi connectivity index (χ4n) is 2.08. The van der Waals surface area contributed by atoms with Gasteiger partial charge in [0.05, 0.1) is 18.7 Å². The van der Waals surface area contributed by atoms with Gasteiger partial charge in [-0.05, 0) is 13.0 Å². The van der Waals surface area contributed by atoms with E-state index in [0.29, 0.717) is 42.9 Å². The zero-order valence-corrected chi connectivity index (χ0v) is 18.0. The molecule has 0 aliphatic carbocycles. The quantitative estimate of drug-likeness (QED) is 0.336. The van der Waals surface area contributed by atoms with Gasteiger partial charge in [0.25, 0.3) is 0 Å². The molecule has 27 heavy (non-hydrogen) atoms. The van der Waals surface area contributed by atoms with Crippen molar-refractivity contribution in [1.82, 2.24) is 20.6 Å². The van der Waals surface area contributed by atoms with Crippen LogP contribution in [-0.2, 0) is 19.1 Å². The molecule has 2 rings (SSSR count). The lowest BCUT2D eigenvalue weighted by molar-refractivity contribution is -0.140. The van der Waals surface area contributed by atoms with Crippen molar-refractivity contribution in [3.8, 4) is 5.88 Å². The third-order valence-corrected chi connectivity index (χ3v) is 4.18. The molecule has 150 valence electrons. The van der Waals surface area contributed by atoms with Crippen LogP contribution in [0.3, 0.4) is 0 Å². The maximum atomic E-state index is 12.6. The standard InChI is InChI=1S/C16H20F3N5OS.HI/c1-3-20-15(23-9-11-5-4-7-21-14(11)25-2)22-8-6-13-24-12(10-26-13)16(17,18)19;/h4-5,7,10H,3,6,8-9H2,1-2H3,(H2,20,22,23);1H. The summed E-state index contributed by atoms with van der Waals surface area (Å²) in [6.07, 6.45) is -2.39. The van der Waals surface area contributed by atoms with Crippen molar-refractivity contribution in [3.63, 3.8) is 0 Å². The first kappa shape index (κ1) is 23.4. The number of methoxy groups -OCH3 is 1. The number of aliphatic imine (C=N–C) groups is 1.